The lowest BCUT2D eigenvalue weighted by atomic mass is 10.1. The third-order valence-corrected chi connectivity index (χ3v) is 3.34. The number of rotatable bonds is 3. The molecule has 0 atom stereocenters. The van der Waals surface area contributed by atoms with Crippen molar-refractivity contribution in [3.8, 4) is 17.0 Å². The van der Waals surface area contributed by atoms with E-state index in [0.717, 1.165) is 11.3 Å². The van der Waals surface area contributed by atoms with E-state index in [4.69, 9.17) is 0 Å². The fourth-order valence-electron chi connectivity index (χ4n) is 2.26. The van der Waals surface area contributed by atoms with Crippen LogP contribution < -0.4 is 10.6 Å². The van der Waals surface area contributed by atoms with Crippen LogP contribution >= 0.6 is 0 Å². The average molecular weight is 308 g/mol. The number of hydrogen-bond acceptors (Lipinski definition) is 3. The molecule has 1 heterocycles. The largest absolute Gasteiger partial charge is 0.506 e. The van der Waals surface area contributed by atoms with Crippen LogP contribution in [0.3, 0.4) is 0 Å². The Morgan fingerprint density at radius 1 is 1.04 bits per heavy atom. The molecular weight excluding hydrogens is 292 g/mol. The summed E-state index contributed by atoms with van der Waals surface area (Å²) < 4.78 is 1.70. The van der Waals surface area contributed by atoms with Crippen LogP contribution in [0.25, 0.3) is 11.3 Å². The van der Waals surface area contributed by atoms with Crippen LogP contribution in [0.1, 0.15) is 0 Å². The average Bonchev–Trinajstić information content (AvgIpc) is 2.91. The van der Waals surface area contributed by atoms with E-state index in [1.54, 1.807) is 28.9 Å². The second kappa shape index (κ2) is 6.23. The molecule has 0 bridgehead atoms. The molecule has 3 aromatic rings. The minimum absolute atomic E-state index is 0.00801. The molecule has 23 heavy (non-hydrogen) atoms. The van der Waals surface area contributed by atoms with Crippen LogP contribution in [0.2, 0.25) is 0 Å². The third kappa shape index (κ3) is 3.32. The maximum Gasteiger partial charge on any atom is 0.325 e. The van der Waals surface area contributed by atoms with Crippen molar-refractivity contribution in [3.05, 3.63) is 60.7 Å². The van der Waals surface area contributed by atoms with Gasteiger partial charge in [0.25, 0.3) is 0 Å². The molecule has 0 saturated carbocycles. The Hall–Kier alpha value is -3.28. The number of aromatic nitrogens is 2. The van der Waals surface area contributed by atoms with E-state index in [9.17, 15) is 9.90 Å². The molecule has 0 fully saturated rings. The first-order chi connectivity index (χ1) is 11.1. The van der Waals surface area contributed by atoms with E-state index in [2.05, 4.69) is 15.7 Å². The summed E-state index contributed by atoms with van der Waals surface area (Å²) in [6.45, 7) is 0. The maximum atomic E-state index is 12.0. The summed E-state index contributed by atoms with van der Waals surface area (Å²) in [4.78, 5) is 12.0. The third-order valence-electron chi connectivity index (χ3n) is 3.34. The molecule has 2 amide bonds. The highest BCUT2D eigenvalue weighted by molar-refractivity contribution is 6.00. The van der Waals surface area contributed by atoms with Crippen molar-refractivity contribution < 1.29 is 9.90 Å². The predicted molar refractivity (Wildman–Crippen MR) is 89.4 cm³/mol. The number of amides is 2. The van der Waals surface area contributed by atoms with Crippen molar-refractivity contribution in [2.75, 3.05) is 10.6 Å². The number of nitrogens with zero attached hydrogens (tertiary/aromatic N) is 2. The summed E-state index contributed by atoms with van der Waals surface area (Å²) >= 11 is 0. The van der Waals surface area contributed by atoms with Crippen LogP contribution in [-0.2, 0) is 7.05 Å². The highest BCUT2D eigenvalue weighted by Gasteiger charge is 2.11. The van der Waals surface area contributed by atoms with Crippen molar-refractivity contribution >= 4 is 17.5 Å². The van der Waals surface area contributed by atoms with E-state index in [-0.39, 0.29) is 5.75 Å². The zero-order valence-corrected chi connectivity index (χ0v) is 12.5. The van der Waals surface area contributed by atoms with Gasteiger partial charge in [-0.15, -0.1) is 0 Å². The molecule has 3 rings (SSSR count). The minimum atomic E-state index is -0.468. The fraction of sp³-hybridized carbons (Fsp3) is 0.0588. The Morgan fingerprint density at radius 2 is 1.74 bits per heavy atom. The van der Waals surface area contributed by atoms with Crippen molar-refractivity contribution in [1.29, 1.82) is 0 Å². The fourth-order valence-corrected chi connectivity index (χ4v) is 2.26. The summed E-state index contributed by atoms with van der Waals surface area (Å²) in [7, 11) is 1.81. The van der Waals surface area contributed by atoms with E-state index in [1.165, 1.54) is 6.07 Å². The van der Waals surface area contributed by atoms with Gasteiger partial charge in [-0.25, -0.2) is 4.79 Å². The number of benzene rings is 2. The van der Waals surface area contributed by atoms with Crippen molar-refractivity contribution in [1.82, 2.24) is 9.78 Å². The second-order valence-electron chi connectivity index (χ2n) is 5.00. The van der Waals surface area contributed by atoms with Crippen molar-refractivity contribution in [2.45, 2.75) is 0 Å². The summed E-state index contributed by atoms with van der Waals surface area (Å²) in [5, 5.41) is 19.2. The Morgan fingerprint density at radius 3 is 2.48 bits per heavy atom. The van der Waals surface area contributed by atoms with E-state index in [0.29, 0.717) is 11.5 Å². The van der Waals surface area contributed by atoms with Gasteiger partial charge < -0.3 is 10.4 Å². The van der Waals surface area contributed by atoms with Gasteiger partial charge >= 0.3 is 6.03 Å². The molecule has 0 radical (unpaired) electrons. The van der Waals surface area contributed by atoms with E-state index in [1.807, 2.05) is 37.4 Å². The lowest BCUT2D eigenvalue weighted by Crippen LogP contribution is -2.19. The molecule has 6 heteroatoms. The number of para-hydroxylation sites is 2. The van der Waals surface area contributed by atoms with Gasteiger partial charge in [-0.2, -0.15) is 5.10 Å². The summed E-state index contributed by atoms with van der Waals surface area (Å²) in [5.74, 6) is 0.438. The first kappa shape index (κ1) is 14.6. The molecule has 0 aliphatic heterocycles. The molecule has 116 valence electrons. The Balaban J connectivity index is 1.74. The van der Waals surface area contributed by atoms with Crippen LogP contribution in [-0.4, -0.2) is 20.9 Å². The van der Waals surface area contributed by atoms with E-state index >= 15 is 0 Å². The minimum Gasteiger partial charge on any atom is -0.506 e. The molecule has 2 aromatic carbocycles. The number of aromatic hydroxyl groups is 1. The van der Waals surface area contributed by atoms with Crippen molar-refractivity contribution in [2.24, 2.45) is 7.05 Å². The first-order valence-electron chi connectivity index (χ1n) is 7.09. The zero-order valence-electron chi connectivity index (χ0n) is 12.5. The lowest BCUT2D eigenvalue weighted by Gasteiger charge is -2.06. The van der Waals surface area contributed by atoms with Crippen LogP contribution in [0, 0.1) is 0 Å². The number of phenols is 1. The van der Waals surface area contributed by atoms with Gasteiger partial charge in [0, 0.05) is 13.1 Å². The SMILES string of the molecule is Cn1nc(NC(=O)Nc2ccccc2O)cc1-c1ccccc1. The first-order valence-corrected chi connectivity index (χ1v) is 7.09. The number of carbonyl (C=O) groups excluding carboxylic acids is 1. The molecular formula is C17H16N4O2. The topological polar surface area (TPSA) is 79.2 Å². The number of hydrogen-bond donors (Lipinski definition) is 3. The highest BCUT2D eigenvalue weighted by Crippen LogP contribution is 2.23. The number of anilines is 2. The quantitative estimate of drug-likeness (QED) is 0.648. The van der Waals surface area contributed by atoms with Gasteiger partial charge in [0.05, 0.1) is 11.4 Å². The van der Waals surface area contributed by atoms with Gasteiger partial charge in [0.2, 0.25) is 0 Å². The summed E-state index contributed by atoms with van der Waals surface area (Å²) in [6, 6.07) is 17.6. The highest BCUT2D eigenvalue weighted by atomic mass is 16.3. The maximum absolute atomic E-state index is 12.0. The predicted octanol–water partition coefficient (Wildman–Crippen LogP) is 3.44. The smallest absolute Gasteiger partial charge is 0.325 e. The van der Waals surface area contributed by atoms with Crippen LogP contribution in [0.4, 0.5) is 16.3 Å². The van der Waals surface area contributed by atoms with Crippen LogP contribution in [0.15, 0.2) is 60.7 Å². The number of carbonyl (C=O) groups is 1. The zero-order chi connectivity index (χ0) is 16.2. The molecule has 0 aliphatic rings. The lowest BCUT2D eigenvalue weighted by molar-refractivity contribution is 0.262. The molecule has 3 N–H and O–H groups in total. The molecule has 0 aliphatic carbocycles. The number of phenolic OH excluding ortho intramolecular Hbond substituents is 1. The Kier molecular flexibility index (Phi) is 3.97. The molecule has 6 nitrogen and oxygen atoms in total. The number of nitrogens with one attached hydrogen (secondary N) is 2. The molecule has 1 aromatic heterocycles. The Bertz CT molecular complexity index is 828. The molecule has 0 spiro atoms. The van der Waals surface area contributed by atoms with Crippen molar-refractivity contribution in [3.63, 3.8) is 0 Å². The number of aryl methyl sites for hydroxylation is 1. The van der Waals surface area contributed by atoms with Gasteiger partial charge in [-0.1, -0.05) is 42.5 Å². The van der Waals surface area contributed by atoms with Crippen LogP contribution in [0.5, 0.6) is 5.75 Å². The standard InChI is InChI=1S/C17H16N4O2/c1-21-14(12-7-3-2-4-8-12)11-16(20-21)19-17(23)18-13-9-5-6-10-15(13)22/h2-11,22H,1H3,(H2,18,19,20,23). The summed E-state index contributed by atoms with van der Waals surface area (Å²) in [5.41, 5.74) is 2.24. The van der Waals surface area contributed by atoms with E-state index < -0.39 is 6.03 Å². The van der Waals surface area contributed by atoms with Gasteiger partial charge in [0.1, 0.15) is 5.75 Å². The van der Waals surface area contributed by atoms with Gasteiger partial charge in [-0.05, 0) is 17.7 Å². The normalized spacial score (nSPS) is 10.3. The van der Waals surface area contributed by atoms with Gasteiger partial charge in [0.15, 0.2) is 5.82 Å². The number of urea groups is 1. The molecule has 0 saturated heterocycles. The monoisotopic (exact) mass is 308 g/mol. The molecule has 0 unspecified atom stereocenters. The Labute approximate surface area is 133 Å². The second-order valence-corrected chi connectivity index (χ2v) is 5.00. The van der Waals surface area contributed by atoms with Gasteiger partial charge in [-0.3, -0.25) is 10.00 Å². The summed E-state index contributed by atoms with van der Waals surface area (Å²) in [6.07, 6.45) is 0.